The van der Waals surface area contributed by atoms with Crippen molar-refractivity contribution in [2.45, 2.75) is 336 Å². The molecule has 1 aromatic rings. The second-order valence-corrected chi connectivity index (χ2v) is 20.3. The minimum Gasteiger partial charge on any atom is -0.507 e. The van der Waals surface area contributed by atoms with Gasteiger partial charge in [-0.3, -0.25) is 0 Å². The average Bonchev–Trinajstić information content (AvgIpc) is 3.26. The van der Waals surface area contributed by atoms with Crippen LogP contribution in [0.25, 0.3) is 0 Å². The topological polar surface area (TPSA) is 29.5 Å². The van der Waals surface area contributed by atoms with Crippen molar-refractivity contribution in [3.8, 4) is 5.75 Å². The van der Waals surface area contributed by atoms with E-state index in [-0.39, 0.29) is 0 Å². The van der Waals surface area contributed by atoms with Crippen molar-refractivity contribution in [1.29, 1.82) is 0 Å². The van der Waals surface area contributed by atoms with E-state index in [4.69, 9.17) is 4.74 Å². The van der Waals surface area contributed by atoms with Crippen LogP contribution in [0.4, 0.5) is 0 Å². The Morgan fingerprint density at radius 1 is 0.344 bits per heavy atom. The highest BCUT2D eigenvalue weighted by Gasteiger charge is 2.19. The van der Waals surface area contributed by atoms with E-state index in [1.54, 1.807) is 0 Å². The van der Waals surface area contributed by atoms with Crippen molar-refractivity contribution >= 4 is 0 Å². The van der Waals surface area contributed by atoms with E-state index in [9.17, 15) is 5.11 Å². The van der Waals surface area contributed by atoms with Gasteiger partial charge < -0.3 is 9.84 Å². The Labute approximate surface area is 385 Å². The van der Waals surface area contributed by atoms with Crippen LogP contribution in [0.2, 0.25) is 0 Å². The van der Waals surface area contributed by atoms with Gasteiger partial charge in [0.2, 0.25) is 0 Å². The summed E-state index contributed by atoms with van der Waals surface area (Å²) < 4.78 is 6.31. The smallest absolute Gasteiger partial charge is 0.122 e. The molecule has 0 saturated heterocycles. The Balaban J connectivity index is 2.45. The summed E-state index contributed by atoms with van der Waals surface area (Å²) in [5.41, 5.74) is 3.62. The summed E-state index contributed by atoms with van der Waals surface area (Å²) in [4.78, 5) is 0. The van der Waals surface area contributed by atoms with E-state index in [2.05, 4.69) is 46.8 Å². The van der Waals surface area contributed by atoms with E-state index in [1.807, 2.05) is 0 Å². The van der Waals surface area contributed by atoms with Crippen molar-refractivity contribution in [2.24, 2.45) is 0 Å². The number of rotatable bonds is 49. The summed E-state index contributed by atoms with van der Waals surface area (Å²) in [6.07, 6.45) is 61.0. The predicted octanol–water partition coefficient (Wildman–Crippen LogP) is 21.3. The molecule has 2 atom stereocenters. The first-order chi connectivity index (χ1) is 30.0. The largest absolute Gasteiger partial charge is 0.507 e. The van der Waals surface area contributed by atoms with Crippen LogP contribution in [0.15, 0.2) is 12.1 Å². The Bertz CT molecular complexity index is 953. The fraction of sp³-hybridized carbons (Fsp3) is 0.898. The molecular formula is C59H112O2. The molecule has 0 aromatic heterocycles. The number of benzene rings is 1. The molecule has 0 radical (unpaired) electrons. The van der Waals surface area contributed by atoms with E-state index in [1.165, 1.54) is 299 Å². The van der Waals surface area contributed by atoms with Gasteiger partial charge >= 0.3 is 0 Å². The Morgan fingerprint density at radius 3 is 0.836 bits per heavy atom. The maximum atomic E-state index is 11.8. The highest BCUT2D eigenvalue weighted by molar-refractivity contribution is 5.47. The SMILES string of the molecule is CCCCCCCCCCCCCCCCCCC(C)c1cc(COCCCCCCCCCCCC)cc(C(C)CCCCCCCCCCCCCCCCCC)c1O. The normalized spacial score (nSPS) is 12.7. The molecule has 0 aliphatic rings. The fourth-order valence-electron chi connectivity index (χ4n) is 9.77. The molecule has 0 heterocycles. The summed E-state index contributed by atoms with van der Waals surface area (Å²) in [7, 11) is 0. The maximum Gasteiger partial charge on any atom is 0.122 e. The molecule has 0 aliphatic carbocycles. The zero-order valence-electron chi connectivity index (χ0n) is 42.7. The second-order valence-electron chi connectivity index (χ2n) is 20.3. The monoisotopic (exact) mass is 853 g/mol. The molecule has 0 spiro atoms. The number of unbranched alkanes of at least 4 members (excludes halogenated alkanes) is 39. The Morgan fingerprint density at radius 2 is 0.574 bits per heavy atom. The Kier molecular flexibility index (Phi) is 43.3. The molecule has 1 rings (SSSR count). The van der Waals surface area contributed by atoms with Gasteiger partial charge in [-0.1, -0.05) is 298 Å². The molecule has 0 fully saturated rings. The first-order valence-corrected chi connectivity index (χ1v) is 28.5. The lowest BCUT2D eigenvalue weighted by atomic mass is 9.86. The lowest BCUT2D eigenvalue weighted by Crippen LogP contribution is -2.04. The molecule has 1 aromatic carbocycles. The standard InChI is InChI=1S/C59H112O2/c1-6-9-12-15-18-21-24-26-28-30-32-34-36-39-42-45-48-54(4)57-51-56(53-61-50-47-44-41-38-23-20-17-14-11-8-3)52-58(59(57)60)55(5)49-46-43-40-37-35-33-31-29-27-25-22-19-16-13-10-7-2/h51-52,54-55,60H,6-50,53H2,1-5H3. The van der Waals surface area contributed by atoms with Crippen molar-refractivity contribution in [3.05, 3.63) is 28.8 Å². The molecule has 2 heteroatoms. The number of hydrogen-bond donors (Lipinski definition) is 1. The van der Waals surface area contributed by atoms with Gasteiger partial charge in [0.05, 0.1) is 6.61 Å². The third-order valence-electron chi connectivity index (χ3n) is 14.2. The van der Waals surface area contributed by atoms with E-state index < -0.39 is 0 Å². The van der Waals surface area contributed by atoms with Gasteiger partial charge in [0.1, 0.15) is 5.75 Å². The van der Waals surface area contributed by atoms with Gasteiger partial charge in [-0.2, -0.15) is 0 Å². The van der Waals surface area contributed by atoms with E-state index in [0.717, 1.165) is 6.61 Å². The molecule has 0 bridgehead atoms. The number of phenolic OH excluding ortho intramolecular Hbond substituents is 1. The van der Waals surface area contributed by atoms with Gasteiger partial charge in [0.15, 0.2) is 0 Å². The van der Waals surface area contributed by atoms with Crippen molar-refractivity contribution < 1.29 is 9.84 Å². The summed E-state index contributed by atoms with van der Waals surface area (Å²) in [5, 5.41) is 11.8. The first-order valence-electron chi connectivity index (χ1n) is 28.5. The van der Waals surface area contributed by atoms with Crippen LogP contribution >= 0.6 is 0 Å². The molecule has 2 unspecified atom stereocenters. The van der Waals surface area contributed by atoms with Crippen LogP contribution < -0.4 is 0 Å². The van der Waals surface area contributed by atoms with Crippen molar-refractivity contribution in [1.82, 2.24) is 0 Å². The zero-order valence-corrected chi connectivity index (χ0v) is 42.7. The summed E-state index contributed by atoms with van der Waals surface area (Å²) >= 11 is 0. The predicted molar refractivity (Wildman–Crippen MR) is 275 cm³/mol. The fourth-order valence-corrected chi connectivity index (χ4v) is 9.77. The van der Waals surface area contributed by atoms with E-state index in [0.29, 0.717) is 24.2 Å². The minimum absolute atomic E-state index is 0.384. The van der Waals surface area contributed by atoms with Crippen LogP contribution in [0.5, 0.6) is 5.75 Å². The second kappa shape index (κ2) is 45.5. The van der Waals surface area contributed by atoms with E-state index >= 15 is 0 Å². The lowest BCUT2D eigenvalue weighted by molar-refractivity contribution is 0.116. The van der Waals surface area contributed by atoms with Crippen LogP contribution in [-0.2, 0) is 11.3 Å². The molecule has 61 heavy (non-hydrogen) atoms. The van der Waals surface area contributed by atoms with Gasteiger partial charge in [-0.05, 0) is 59.9 Å². The van der Waals surface area contributed by atoms with Crippen LogP contribution in [0.1, 0.15) is 346 Å². The quantitative estimate of drug-likeness (QED) is 0.0662. The highest BCUT2D eigenvalue weighted by Crippen LogP contribution is 2.39. The lowest BCUT2D eigenvalue weighted by Gasteiger charge is -2.21. The van der Waals surface area contributed by atoms with Gasteiger partial charge in [0.25, 0.3) is 0 Å². The van der Waals surface area contributed by atoms with Crippen LogP contribution in [-0.4, -0.2) is 11.7 Å². The summed E-state index contributed by atoms with van der Waals surface area (Å²) in [5.74, 6) is 1.36. The number of phenols is 1. The highest BCUT2D eigenvalue weighted by atomic mass is 16.5. The minimum atomic E-state index is 0.384. The zero-order chi connectivity index (χ0) is 44.1. The van der Waals surface area contributed by atoms with Gasteiger partial charge in [-0.25, -0.2) is 0 Å². The molecule has 0 aliphatic heterocycles. The summed E-state index contributed by atoms with van der Waals surface area (Å²) in [6, 6.07) is 4.60. The third kappa shape index (κ3) is 36.0. The van der Waals surface area contributed by atoms with Crippen LogP contribution in [0.3, 0.4) is 0 Å². The molecule has 2 nitrogen and oxygen atoms in total. The molecule has 0 saturated carbocycles. The van der Waals surface area contributed by atoms with Crippen molar-refractivity contribution in [3.63, 3.8) is 0 Å². The van der Waals surface area contributed by atoms with Gasteiger partial charge in [-0.15, -0.1) is 0 Å². The van der Waals surface area contributed by atoms with Crippen molar-refractivity contribution in [2.75, 3.05) is 6.61 Å². The molecule has 360 valence electrons. The van der Waals surface area contributed by atoms with Gasteiger partial charge in [0, 0.05) is 6.61 Å². The average molecular weight is 854 g/mol. The Hall–Kier alpha value is -1.02. The summed E-state index contributed by atoms with van der Waals surface area (Å²) in [6.45, 7) is 13.2. The van der Waals surface area contributed by atoms with Crippen LogP contribution in [0, 0.1) is 0 Å². The number of ether oxygens (including phenoxy) is 1. The molecule has 0 amide bonds. The first kappa shape index (κ1) is 58.0. The third-order valence-corrected chi connectivity index (χ3v) is 14.2. The number of hydrogen-bond acceptors (Lipinski definition) is 2. The maximum absolute atomic E-state index is 11.8. The molecule has 1 N–H and O–H groups in total. The number of aromatic hydroxyl groups is 1. The molecular weight excluding hydrogens is 741 g/mol.